The van der Waals surface area contributed by atoms with E-state index in [0.717, 1.165) is 11.3 Å². The van der Waals surface area contributed by atoms with Gasteiger partial charge in [-0.3, -0.25) is 14.9 Å². The first-order chi connectivity index (χ1) is 13.8. The van der Waals surface area contributed by atoms with Crippen molar-refractivity contribution in [3.63, 3.8) is 0 Å². The molecule has 2 rings (SSSR count). The Kier molecular flexibility index (Phi) is 7.43. The average molecular weight is 420 g/mol. The fourth-order valence-corrected chi connectivity index (χ4v) is 3.50. The van der Waals surface area contributed by atoms with Gasteiger partial charge in [-0.1, -0.05) is 6.92 Å². The zero-order valence-electron chi connectivity index (χ0n) is 16.1. The summed E-state index contributed by atoms with van der Waals surface area (Å²) in [7, 11) is 0. The Hall–Kier alpha value is -3.27. The summed E-state index contributed by atoms with van der Waals surface area (Å²) in [6.45, 7) is 5.44. The molecule has 0 aliphatic rings. The second kappa shape index (κ2) is 9.78. The average Bonchev–Trinajstić information content (AvgIpc) is 3.02. The fourth-order valence-electron chi connectivity index (χ4n) is 2.42. The lowest BCUT2D eigenvalue weighted by molar-refractivity contribution is -0.384. The third-order valence-electron chi connectivity index (χ3n) is 3.82. The van der Waals surface area contributed by atoms with Crippen molar-refractivity contribution in [1.82, 2.24) is 0 Å². The van der Waals surface area contributed by atoms with Crippen molar-refractivity contribution in [2.75, 3.05) is 18.5 Å². The SMILES string of the molecule is CCCOC(=O)c1c(NC(=O)c2ccc([N+](=O)[O-])cc2)sc(C(=O)OCC)c1C. The largest absolute Gasteiger partial charge is 0.462 e. The minimum atomic E-state index is -0.657. The summed E-state index contributed by atoms with van der Waals surface area (Å²) in [5.41, 5.74) is 0.449. The summed E-state index contributed by atoms with van der Waals surface area (Å²) in [6, 6.07) is 5.01. The van der Waals surface area contributed by atoms with Crippen LogP contribution in [-0.2, 0) is 9.47 Å². The molecule has 10 heteroatoms. The molecule has 1 aromatic heterocycles. The molecular weight excluding hydrogens is 400 g/mol. The summed E-state index contributed by atoms with van der Waals surface area (Å²) >= 11 is 0.911. The molecule has 0 spiro atoms. The number of rotatable bonds is 8. The fraction of sp³-hybridized carbons (Fsp3) is 0.316. The molecule has 0 bridgehead atoms. The van der Waals surface area contributed by atoms with E-state index in [2.05, 4.69) is 5.32 Å². The number of thiophene rings is 1. The maximum Gasteiger partial charge on any atom is 0.348 e. The topological polar surface area (TPSA) is 125 Å². The lowest BCUT2D eigenvalue weighted by atomic mass is 10.1. The van der Waals surface area contributed by atoms with Gasteiger partial charge in [0.25, 0.3) is 11.6 Å². The summed E-state index contributed by atoms with van der Waals surface area (Å²) in [5, 5.41) is 13.5. The van der Waals surface area contributed by atoms with Crippen LogP contribution in [0.25, 0.3) is 0 Å². The molecule has 0 saturated carbocycles. The van der Waals surface area contributed by atoms with E-state index < -0.39 is 22.8 Å². The van der Waals surface area contributed by atoms with Crippen LogP contribution >= 0.6 is 11.3 Å². The van der Waals surface area contributed by atoms with Crippen LogP contribution < -0.4 is 5.32 Å². The van der Waals surface area contributed by atoms with Crippen molar-refractivity contribution < 1.29 is 28.8 Å². The van der Waals surface area contributed by atoms with E-state index in [4.69, 9.17) is 9.47 Å². The van der Waals surface area contributed by atoms with Gasteiger partial charge in [0.2, 0.25) is 0 Å². The molecule has 1 amide bonds. The molecule has 0 aliphatic carbocycles. The zero-order valence-corrected chi connectivity index (χ0v) is 17.0. The number of hydrogen-bond donors (Lipinski definition) is 1. The van der Waals surface area contributed by atoms with E-state index >= 15 is 0 Å². The van der Waals surface area contributed by atoms with Crippen molar-refractivity contribution in [1.29, 1.82) is 0 Å². The number of benzene rings is 1. The highest BCUT2D eigenvalue weighted by molar-refractivity contribution is 7.18. The number of non-ortho nitro benzene ring substituents is 1. The minimum absolute atomic E-state index is 0.0850. The standard InChI is InChI=1S/C19H20N2O7S/c1-4-10-28-18(23)14-11(3)15(19(24)27-5-2)29-17(14)20-16(22)12-6-8-13(9-7-12)21(25)26/h6-9H,4-5,10H2,1-3H3,(H,20,22). The highest BCUT2D eigenvalue weighted by atomic mass is 32.1. The van der Waals surface area contributed by atoms with Gasteiger partial charge >= 0.3 is 11.9 Å². The van der Waals surface area contributed by atoms with Gasteiger partial charge in [0.15, 0.2) is 0 Å². The second-order valence-electron chi connectivity index (χ2n) is 5.87. The highest BCUT2D eigenvalue weighted by Gasteiger charge is 2.27. The van der Waals surface area contributed by atoms with Gasteiger partial charge in [0, 0.05) is 17.7 Å². The molecule has 9 nitrogen and oxygen atoms in total. The molecule has 154 valence electrons. The van der Waals surface area contributed by atoms with Crippen LogP contribution in [0.5, 0.6) is 0 Å². The van der Waals surface area contributed by atoms with Crippen molar-refractivity contribution >= 4 is 39.9 Å². The van der Waals surface area contributed by atoms with Crippen molar-refractivity contribution in [2.24, 2.45) is 0 Å². The van der Waals surface area contributed by atoms with Gasteiger partial charge < -0.3 is 14.8 Å². The molecular formula is C19H20N2O7S. The number of carbonyl (C=O) groups is 3. The molecule has 1 N–H and O–H groups in total. The third-order valence-corrected chi connectivity index (χ3v) is 5.00. The molecule has 0 saturated heterocycles. The van der Waals surface area contributed by atoms with E-state index in [9.17, 15) is 24.5 Å². The quantitative estimate of drug-likeness (QED) is 0.389. The summed E-state index contributed by atoms with van der Waals surface area (Å²) in [6.07, 6.45) is 0.615. The van der Waals surface area contributed by atoms with E-state index in [1.807, 2.05) is 6.92 Å². The Morgan fingerprint density at radius 3 is 2.31 bits per heavy atom. The number of hydrogen-bond acceptors (Lipinski definition) is 8. The van der Waals surface area contributed by atoms with Crippen LogP contribution in [0.2, 0.25) is 0 Å². The zero-order chi connectivity index (χ0) is 21.6. The van der Waals surface area contributed by atoms with E-state index in [0.29, 0.717) is 12.0 Å². The minimum Gasteiger partial charge on any atom is -0.462 e. The van der Waals surface area contributed by atoms with Gasteiger partial charge in [-0.2, -0.15) is 0 Å². The van der Waals surface area contributed by atoms with Crippen LogP contribution in [-0.4, -0.2) is 36.0 Å². The Morgan fingerprint density at radius 1 is 1.10 bits per heavy atom. The molecule has 2 aromatic rings. The number of nitro groups is 1. The highest BCUT2D eigenvalue weighted by Crippen LogP contribution is 2.34. The predicted octanol–water partition coefficient (Wildman–Crippen LogP) is 3.96. The Morgan fingerprint density at radius 2 is 1.76 bits per heavy atom. The number of esters is 2. The number of nitrogens with one attached hydrogen (secondary N) is 1. The first-order valence-electron chi connectivity index (χ1n) is 8.83. The normalized spacial score (nSPS) is 10.3. The number of nitrogens with zero attached hydrogens (tertiary/aromatic N) is 1. The smallest absolute Gasteiger partial charge is 0.348 e. The third kappa shape index (κ3) is 5.17. The van der Waals surface area contributed by atoms with Gasteiger partial charge in [-0.05, 0) is 38.0 Å². The van der Waals surface area contributed by atoms with Gasteiger partial charge in [0.1, 0.15) is 9.88 Å². The Bertz CT molecular complexity index is 935. The van der Waals surface area contributed by atoms with Crippen molar-refractivity contribution in [3.05, 3.63) is 55.9 Å². The molecule has 0 fully saturated rings. The lowest BCUT2D eigenvalue weighted by Gasteiger charge is -2.07. The molecule has 1 aromatic carbocycles. The number of amides is 1. The van der Waals surface area contributed by atoms with Gasteiger partial charge in [-0.25, -0.2) is 9.59 Å². The van der Waals surface area contributed by atoms with Gasteiger partial charge in [0.05, 0.1) is 23.7 Å². The van der Waals surface area contributed by atoms with Gasteiger partial charge in [-0.15, -0.1) is 11.3 Å². The number of anilines is 1. The van der Waals surface area contributed by atoms with Crippen LogP contribution in [0.15, 0.2) is 24.3 Å². The molecule has 0 aliphatic heterocycles. The van der Waals surface area contributed by atoms with Crippen molar-refractivity contribution in [2.45, 2.75) is 27.2 Å². The summed E-state index contributed by atoms with van der Waals surface area (Å²) in [4.78, 5) is 47.6. The first kappa shape index (κ1) is 22.0. The van der Waals surface area contributed by atoms with Crippen molar-refractivity contribution in [3.8, 4) is 0 Å². The maximum absolute atomic E-state index is 12.6. The summed E-state index contributed by atoms with van der Waals surface area (Å²) < 4.78 is 10.2. The molecule has 0 unspecified atom stereocenters. The Labute approximate surface area is 170 Å². The summed E-state index contributed by atoms with van der Waals surface area (Å²) in [5.74, 6) is -1.84. The van der Waals surface area contributed by atoms with Crippen LogP contribution in [0.4, 0.5) is 10.7 Å². The lowest BCUT2D eigenvalue weighted by Crippen LogP contribution is -2.15. The number of ether oxygens (including phenoxy) is 2. The van der Waals surface area contributed by atoms with E-state index in [1.165, 1.54) is 24.3 Å². The van der Waals surface area contributed by atoms with Crippen LogP contribution in [0.3, 0.4) is 0 Å². The first-order valence-corrected chi connectivity index (χ1v) is 9.65. The molecule has 0 radical (unpaired) electrons. The number of carbonyl (C=O) groups excluding carboxylic acids is 3. The predicted molar refractivity (Wildman–Crippen MR) is 107 cm³/mol. The second-order valence-corrected chi connectivity index (χ2v) is 6.90. The van der Waals surface area contributed by atoms with E-state index in [1.54, 1.807) is 13.8 Å². The molecule has 1 heterocycles. The van der Waals surface area contributed by atoms with Crippen LogP contribution in [0, 0.1) is 17.0 Å². The Balaban J connectivity index is 2.37. The molecule has 29 heavy (non-hydrogen) atoms. The van der Waals surface area contributed by atoms with E-state index in [-0.39, 0.29) is 39.9 Å². The monoisotopic (exact) mass is 420 g/mol. The number of nitro benzene ring substituents is 1. The maximum atomic E-state index is 12.6. The van der Waals surface area contributed by atoms with Crippen LogP contribution in [0.1, 0.15) is 56.2 Å². The molecule has 0 atom stereocenters.